The van der Waals surface area contributed by atoms with Crippen molar-refractivity contribution in [3.63, 3.8) is 0 Å². The van der Waals surface area contributed by atoms with Crippen molar-refractivity contribution in [3.8, 4) is 0 Å². The Labute approximate surface area is 225 Å². The molecular weight excluding hydrogens is 463 g/mol. The van der Waals surface area contributed by atoms with Crippen LogP contribution in [-0.4, -0.2) is 42.2 Å². The summed E-state index contributed by atoms with van der Waals surface area (Å²) in [5.41, 5.74) is -0.435. The van der Waals surface area contributed by atoms with Gasteiger partial charge < -0.3 is 0 Å². The second-order valence-corrected chi connectivity index (χ2v) is 12.8. The summed E-state index contributed by atoms with van der Waals surface area (Å²) in [4.78, 5) is 32.1. The van der Waals surface area contributed by atoms with Gasteiger partial charge in [-0.05, 0) is 62.7 Å². The van der Waals surface area contributed by atoms with Gasteiger partial charge in [0.05, 0.1) is 12.9 Å². The monoisotopic (exact) mass is 516 g/mol. The average Bonchev–Trinajstić information content (AvgIpc) is 3.31. The number of hydrogen-bond acceptors (Lipinski definition) is 3. The Morgan fingerprint density at radius 3 is 2.43 bits per heavy atom. The largest absolute Gasteiger partial charge is 0.300 e. The summed E-state index contributed by atoms with van der Waals surface area (Å²) >= 11 is 0. The third-order valence-corrected chi connectivity index (χ3v) is 9.73. The van der Waals surface area contributed by atoms with E-state index in [9.17, 15) is 9.59 Å². The van der Waals surface area contributed by atoms with Crippen molar-refractivity contribution in [2.75, 3.05) is 13.6 Å². The molecular formula is C32H53FN2O2. The van der Waals surface area contributed by atoms with Gasteiger partial charge in [-0.25, -0.2) is 4.39 Å². The first-order valence-corrected chi connectivity index (χ1v) is 15.3. The van der Waals surface area contributed by atoms with Crippen LogP contribution in [0.2, 0.25) is 0 Å². The fraction of sp³-hybridized carbons (Fsp3) is 0.844. The van der Waals surface area contributed by atoms with Gasteiger partial charge in [-0.15, -0.1) is 0 Å². The minimum Gasteiger partial charge on any atom is -0.300 e. The summed E-state index contributed by atoms with van der Waals surface area (Å²) in [6.45, 7) is 8.67. The molecule has 0 N–H and O–H groups in total. The van der Waals surface area contributed by atoms with Gasteiger partial charge in [-0.3, -0.25) is 19.5 Å². The lowest BCUT2D eigenvalue weighted by Crippen LogP contribution is -2.45. The quantitative estimate of drug-likeness (QED) is 0.177. The maximum absolute atomic E-state index is 16.4. The number of amides is 1. The first kappa shape index (κ1) is 30.0. The zero-order valence-electron chi connectivity index (χ0n) is 24.0. The highest BCUT2D eigenvalue weighted by Gasteiger charge is 2.38. The van der Waals surface area contributed by atoms with Crippen LogP contribution in [0, 0.1) is 29.6 Å². The summed E-state index contributed by atoms with van der Waals surface area (Å²) in [5.74, 6) is 1.67. The molecule has 0 aromatic heterocycles. The van der Waals surface area contributed by atoms with Crippen LogP contribution in [0.15, 0.2) is 17.1 Å². The van der Waals surface area contributed by atoms with Gasteiger partial charge in [0, 0.05) is 25.3 Å². The first-order valence-electron chi connectivity index (χ1n) is 15.3. The van der Waals surface area contributed by atoms with Crippen LogP contribution < -0.4 is 0 Å². The molecule has 0 bridgehead atoms. The van der Waals surface area contributed by atoms with Crippen LogP contribution in [0.3, 0.4) is 0 Å². The van der Waals surface area contributed by atoms with Gasteiger partial charge in [0.25, 0.3) is 0 Å². The summed E-state index contributed by atoms with van der Waals surface area (Å²) in [5, 5.41) is 0. The minimum absolute atomic E-state index is 0.0258. The topological polar surface area (TPSA) is 49.7 Å². The summed E-state index contributed by atoms with van der Waals surface area (Å²) in [6.07, 6.45) is 17.8. The van der Waals surface area contributed by atoms with Gasteiger partial charge in [-0.1, -0.05) is 83.8 Å². The highest BCUT2D eigenvalue weighted by molar-refractivity contribution is 5.89. The summed E-state index contributed by atoms with van der Waals surface area (Å²) in [7, 11) is 1.65. The predicted molar refractivity (Wildman–Crippen MR) is 151 cm³/mol. The number of Topliss-reactive ketones (excluding diaryl/α,β-unsaturated/α-hetero) is 1. The zero-order chi connectivity index (χ0) is 26.8. The molecule has 0 heterocycles. The number of carbonyl (C=O) groups excluding carboxylic acids is 2. The molecule has 0 spiro atoms. The first-order chi connectivity index (χ1) is 17.7. The van der Waals surface area contributed by atoms with E-state index in [2.05, 4.69) is 25.4 Å². The van der Waals surface area contributed by atoms with E-state index in [1.54, 1.807) is 11.9 Å². The van der Waals surface area contributed by atoms with Crippen LogP contribution in [0.1, 0.15) is 123 Å². The molecule has 0 saturated heterocycles. The normalized spacial score (nSPS) is 31.4. The number of allylic oxidation sites excluding steroid dienone is 1. The highest BCUT2D eigenvalue weighted by Crippen LogP contribution is 2.37. The number of aliphatic imine (C=N–C) groups is 1. The van der Waals surface area contributed by atoms with Crippen molar-refractivity contribution in [2.24, 2.45) is 34.6 Å². The highest BCUT2D eigenvalue weighted by atomic mass is 19.1. The number of halogens is 1. The van der Waals surface area contributed by atoms with Crippen LogP contribution in [0.4, 0.5) is 4.39 Å². The SMILES string of the molecule is C=C1CC[C@@](F)(CN(/C=N\C)C(=O)C2CCCC2C)CCCCCC1CC(=O)[C@H](C)CC1CCCCC1. The van der Waals surface area contributed by atoms with Crippen molar-refractivity contribution in [3.05, 3.63) is 12.2 Å². The molecule has 0 radical (unpaired) electrons. The van der Waals surface area contributed by atoms with Crippen LogP contribution in [0.5, 0.6) is 0 Å². The molecule has 1 amide bonds. The molecule has 3 fully saturated rings. The second-order valence-electron chi connectivity index (χ2n) is 12.8. The van der Waals surface area contributed by atoms with Gasteiger partial charge in [-0.2, -0.15) is 0 Å². The van der Waals surface area contributed by atoms with Gasteiger partial charge in [0.1, 0.15) is 11.5 Å². The molecule has 0 aromatic carbocycles. The van der Waals surface area contributed by atoms with E-state index in [-0.39, 0.29) is 30.2 Å². The molecule has 5 heteroatoms. The average molecular weight is 517 g/mol. The molecule has 37 heavy (non-hydrogen) atoms. The molecule has 0 aromatic rings. The third-order valence-electron chi connectivity index (χ3n) is 9.73. The van der Waals surface area contributed by atoms with E-state index in [0.717, 1.165) is 56.9 Å². The van der Waals surface area contributed by atoms with E-state index in [0.29, 0.717) is 43.3 Å². The lowest BCUT2D eigenvalue weighted by molar-refractivity contribution is -0.134. The summed E-state index contributed by atoms with van der Waals surface area (Å²) in [6, 6.07) is 0. The number of hydrogen-bond donors (Lipinski definition) is 0. The standard InChI is InChI=1S/C32H53FN2O2/c1-24-17-19-32(33,22-35(23-34-4)31(37)29-16-11-12-25(29)2)18-10-6-9-15-28(24)21-30(36)26(3)20-27-13-7-5-8-14-27/h23,25-29H,1,5-22H2,2-4H3/b34-23-/t25?,26-,28?,29?,32-/m1/s1. The third kappa shape index (κ3) is 9.03. The lowest BCUT2D eigenvalue weighted by atomic mass is 9.78. The Kier molecular flexibility index (Phi) is 11.8. The van der Waals surface area contributed by atoms with Crippen LogP contribution >= 0.6 is 0 Å². The van der Waals surface area contributed by atoms with Gasteiger partial charge >= 0.3 is 0 Å². The van der Waals surface area contributed by atoms with E-state index in [1.807, 2.05) is 0 Å². The van der Waals surface area contributed by atoms with E-state index >= 15 is 4.39 Å². The molecule has 4 nitrogen and oxygen atoms in total. The van der Waals surface area contributed by atoms with Crippen molar-refractivity contribution in [2.45, 2.75) is 129 Å². The smallest absolute Gasteiger partial charge is 0.231 e. The van der Waals surface area contributed by atoms with Crippen molar-refractivity contribution in [1.82, 2.24) is 4.90 Å². The Hall–Kier alpha value is -1.52. The minimum atomic E-state index is -1.46. The molecule has 3 aliphatic rings. The van der Waals surface area contributed by atoms with E-state index < -0.39 is 5.67 Å². The molecule has 5 atom stereocenters. The molecule has 0 aliphatic heterocycles. The lowest BCUT2D eigenvalue weighted by Gasteiger charge is -2.34. The Balaban J connectivity index is 1.60. The number of nitrogens with zero attached hydrogens (tertiary/aromatic N) is 2. The number of alkyl halides is 1. The van der Waals surface area contributed by atoms with Gasteiger partial charge in [0.15, 0.2) is 0 Å². The van der Waals surface area contributed by atoms with Crippen LogP contribution in [0.25, 0.3) is 0 Å². The van der Waals surface area contributed by atoms with Crippen molar-refractivity contribution < 1.29 is 14.0 Å². The number of rotatable bonds is 9. The number of ketones is 1. The molecule has 3 unspecified atom stereocenters. The van der Waals surface area contributed by atoms with Crippen LogP contribution in [-0.2, 0) is 9.59 Å². The fourth-order valence-electron chi connectivity index (χ4n) is 7.18. The Morgan fingerprint density at radius 2 is 1.76 bits per heavy atom. The van der Waals surface area contributed by atoms with Crippen molar-refractivity contribution in [1.29, 1.82) is 0 Å². The Morgan fingerprint density at radius 1 is 1.05 bits per heavy atom. The maximum atomic E-state index is 16.4. The number of carbonyl (C=O) groups is 2. The molecule has 210 valence electrons. The zero-order valence-corrected chi connectivity index (χ0v) is 24.0. The van der Waals surface area contributed by atoms with Crippen molar-refractivity contribution >= 4 is 18.0 Å². The van der Waals surface area contributed by atoms with E-state index in [1.165, 1.54) is 38.4 Å². The molecule has 3 rings (SSSR count). The maximum Gasteiger partial charge on any atom is 0.231 e. The molecule has 3 saturated carbocycles. The van der Waals surface area contributed by atoms with Gasteiger partial charge in [0.2, 0.25) is 5.91 Å². The fourth-order valence-corrected chi connectivity index (χ4v) is 7.18. The predicted octanol–water partition coefficient (Wildman–Crippen LogP) is 8.10. The van der Waals surface area contributed by atoms with E-state index in [4.69, 9.17) is 0 Å². The molecule has 3 aliphatic carbocycles. The summed E-state index contributed by atoms with van der Waals surface area (Å²) < 4.78 is 16.4. The Bertz CT molecular complexity index is 790. The second kappa shape index (κ2) is 14.6.